The Morgan fingerprint density at radius 1 is 1.42 bits per heavy atom. The Labute approximate surface area is 108 Å². The predicted molar refractivity (Wildman–Crippen MR) is 67.7 cm³/mol. The summed E-state index contributed by atoms with van der Waals surface area (Å²) in [7, 11) is 1.59. The molecule has 6 nitrogen and oxygen atoms in total. The summed E-state index contributed by atoms with van der Waals surface area (Å²) >= 11 is 0. The monoisotopic (exact) mass is 260 g/mol. The molecule has 1 aromatic carbocycles. The van der Waals surface area contributed by atoms with Crippen molar-refractivity contribution in [2.24, 2.45) is 7.05 Å². The topological polar surface area (TPSA) is 81.4 Å². The number of carbonyl (C=O) groups is 1. The van der Waals surface area contributed by atoms with Gasteiger partial charge in [-0.15, -0.1) is 0 Å². The van der Waals surface area contributed by atoms with Crippen molar-refractivity contribution in [2.45, 2.75) is 6.92 Å². The second-order valence-electron chi connectivity index (χ2n) is 4.03. The Balaban J connectivity index is 2.34. The van der Waals surface area contributed by atoms with E-state index in [9.17, 15) is 9.59 Å². The first-order valence-corrected chi connectivity index (χ1v) is 5.52. The normalized spacial score (nSPS) is 10.2. The van der Waals surface area contributed by atoms with Crippen LogP contribution in [0.4, 0.5) is 0 Å². The minimum atomic E-state index is -1.00. The Morgan fingerprint density at radius 3 is 2.79 bits per heavy atom. The van der Waals surface area contributed by atoms with Crippen molar-refractivity contribution in [3.05, 3.63) is 52.1 Å². The van der Waals surface area contributed by atoms with Crippen molar-refractivity contribution in [1.29, 1.82) is 0 Å². The van der Waals surface area contributed by atoms with Crippen LogP contribution in [-0.4, -0.2) is 20.6 Å². The van der Waals surface area contributed by atoms with Gasteiger partial charge >= 0.3 is 11.5 Å². The molecule has 0 bridgehead atoms. The smallest absolute Gasteiger partial charge is 0.335 e. The van der Waals surface area contributed by atoms with E-state index in [0.717, 1.165) is 0 Å². The average Bonchev–Trinajstić information content (AvgIpc) is 2.34. The van der Waals surface area contributed by atoms with Gasteiger partial charge in [0.05, 0.1) is 5.56 Å². The largest absolute Gasteiger partial charge is 0.478 e. The third kappa shape index (κ3) is 2.62. The molecule has 1 aromatic heterocycles. The van der Waals surface area contributed by atoms with Crippen LogP contribution in [-0.2, 0) is 7.05 Å². The highest BCUT2D eigenvalue weighted by Gasteiger charge is 2.10. The van der Waals surface area contributed by atoms with Crippen LogP contribution in [0.5, 0.6) is 11.6 Å². The first-order valence-electron chi connectivity index (χ1n) is 5.52. The summed E-state index contributed by atoms with van der Waals surface area (Å²) in [6.45, 7) is 1.66. The van der Waals surface area contributed by atoms with Crippen LogP contribution in [0.25, 0.3) is 0 Å². The molecule has 0 atom stereocenters. The fourth-order valence-corrected chi connectivity index (χ4v) is 1.60. The lowest BCUT2D eigenvalue weighted by atomic mass is 10.1. The number of hydrogen-bond donors (Lipinski definition) is 1. The van der Waals surface area contributed by atoms with Gasteiger partial charge in [0.2, 0.25) is 0 Å². The minimum Gasteiger partial charge on any atom is -0.478 e. The fourth-order valence-electron chi connectivity index (χ4n) is 1.60. The zero-order chi connectivity index (χ0) is 14.0. The maximum atomic E-state index is 11.7. The van der Waals surface area contributed by atoms with Crippen LogP contribution >= 0.6 is 0 Å². The van der Waals surface area contributed by atoms with Crippen molar-refractivity contribution in [3.63, 3.8) is 0 Å². The predicted octanol–water partition coefficient (Wildman–Crippen LogP) is 1.58. The van der Waals surface area contributed by atoms with E-state index in [-0.39, 0.29) is 17.0 Å². The molecule has 0 unspecified atom stereocenters. The summed E-state index contributed by atoms with van der Waals surface area (Å²) in [5, 5.41) is 8.92. The summed E-state index contributed by atoms with van der Waals surface area (Å²) in [5.74, 6) is -0.677. The summed E-state index contributed by atoms with van der Waals surface area (Å²) in [4.78, 5) is 26.4. The Hall–Kier alpha value is -2.63. The molecule has 19 heavy (non-hydrogen) atoms. The van der Waals surface area contributed by atoms with E-state index in [2.05, 4.69) is 4.98 Å². The zero-order valence-corrected chi connectivity index (χ0v) is 10.5. The lowest BCUT2D eigenvalue weighted by Gasteiger charge is -2.07. The molecule has 0 fully saturated rings. The van der Waals surface area contributed by atoms with E-state index in [1.54, 1.807) is 20.0 Å². The average molecular weight is 260 g/mol. The van der Waals surface area contributed by atoms with Gasteiger partial charge < -0.3 is 14.4 Å². The van der Waals surface area contributed by atoms with Crippen molar-refractivity contribution in [3.8, 4) is 11.6 Å². The van der Waals surface area contributed by atoms with Crippen LogP contribution < -0.4 is 10.3 Å². The lowest BCUT2D eigenvalue weighted by Crippen LogP contribution is -2.18. The highest BCUT2D eigenvalue weighted by Crippen LogP contribution is 2.20. The number of hydrogen-bond acceptors (Lipinski definition) is 4. The number of carboxylic acid groups (broad SMARTS) is 1. The van der Waals surface area contributed by atoms with Crippen molar-refractivity contribution in [1.82, 2.24) is 9.55 Å². The second-order valence-corrected chi connectivity index (χ2v) is 4.03. The quantitative estimate of drug-likeness (QED) is 0.906. The van der Waals surface area contributed by atoms with E-state index in [4.69, 9.17) is 9.84 Å². The van der Waals surface area contributed by atoms with Crippen LogP contribution in [0, 0.1) is 6.92 Å². The molecule has 6 heteroatoms. The number of aromatic carboxylic acids is 1. The molecule has 98 valence electrons. The summed E-state index contributed by atoms with van der Waals surface area (Å²) in [6.07, 6.45) is 2.98. The van der Waals surface area contributed by atoms with Gasteiger partial charge in [-0.2, -0.15) is 0 Å². The minimum absolute atomic E-state index is 0.0486. The Bertz CT molecular complexity index is 691. The number of aromatic nitrogens is 2. The number of ether oxygens (including phenoxy) is 1. The Morgan fingerprint density at radius 2 is 2.16 bits per heavy atom. The first-order chi connectivity index (χ1) is 8.99. The Kier molecular flexibility index (Phi) is 3.33. The highest BCUT2D eigenvalue weighted by molar-refractivity contribution is 5.89. The number of aryl methyl sites for hydroxylation is 2. The molecule has 0 aliphatic heterocycles. The van der Waals surface area contributed by atoms with Crippen molar-refractivity contribution < 1.29 is 14.6 Å². The van der Waals surface area contributed by atoms with Gasteiger partial charge in [0.15, 0.2) is 0 Å². The number of nitrogens with zero attached hydrogens (tertiary/aromatic N) is 2. The van der Waals surface area contributed by atoms with E-state index in [0.29, 0.717) is 11.3 Å². The van der Waals surface area contributed by atoms with E-state index >= 15 is 0 Å². The molecule has 0 saturated heterocycles. The molecule has 2 aromatic rings. The first kappa shape index (κ1) is 12.8. The van der Waals surface area contributed by atoms with Crippen molar-refractivity contribution in [2.75, 3.05) is 0 Å². The van der Waals surface area contributed by atoms with Gasteiger partial charge in [-0.25, -0.2) is 9.78 Å². The molecule has 2 rings (SSSR count). The summed E-state index contributed by atoms with van der Waals surface area (Å²) in [5.41, 5.74) is 0.390. The van der Waals surface area contributed by atoms with Gasteiger partial charge in [0.1, 0.15) is 5.75 Å². The number of carboxylic acids is 1. The molecule has 1 heterocycles. The van der Waals surface area contributed by atoms with E-state index in [1.807, 2.05) is 0 Å². The third-order valence-corrected chi connectivity index (χ3v) is 2.63. The highest BCUT2D eigenvalue weighted by atomic mass is 16.5. The summed E-state index contributed by atoms with van der Waals surface area (Å²) < 4.78 is 6.72. The second kappa shape index (κ2) is 4.93. The number of benzene rings is 1. The van der Waals surface area contributed by atoms with Crippen LogP contribution in [0.2, 0.25) is 0 Å². The maximum Gasteiger partial charge on any atom is 0.335 e. The lowest BCUT2D eigenvalue weighted by molar-refractivity contribution is 0.0696. The molecule has 0 saturated carbocycles. The third-order valence-electron chi connectivity index (χ3n) is 2.63. The standard InChI is InChI=1S/C13H12N2O4/c1-8-7-9(3-4-10(8)13(17)18)19-11-12(16)15(2)6-5-14-11/h3-7H,1-2H3,(H,17,18). The van der Waals surface area contributed by atoms with Gasteiger partial charge in [0, 0.05) is 19.4 Å². The van der Waals surface area contributed by atoms with Crippen molar-refractivity contribution >= 4 is 5.97 Å². The van der Waals surface area contributed by atoms with E-state index < -0.39 is 5.97 Å². The summed E-state index contributed by atoms with van der Waals surface area (Å²) in [6, 6.07) is 4.47. The van der Waals surface area contributed by atoms with Gasteiger partial charge in [-0.3, -0.25) is 4.79 Å². The van der Waals surface area contributed by atoms with E-state index in [1.165, 1.54) is 29.1 Å². The zero-order valence-electron chi connectivity index (χ0n) is 10.5. The molecular weight excluding hydrogens is 248 g/mol. The SMILES string of the molecule is Cc1cc(Oc2nccn(C)c2=O)ccc1C(=O)O. The number of rotatable bonds is 3. The van der Waals surface area contributed by atoms with Crippen LogP contribution in [0.3, 0.4) is 0 Å². The maximum absolute atomic E-state index is 11.7. The molecular formula is C13H12N2O4. The van der Waals surface area contributed by atoms with Gasteiger partial charge in [-0.1, -0.05) is 0 Å². The molecule has 0 aliphatic carbocycles. The van der Waals surface area contributed by atoms with Gasteiger partial charge in [0.25, 0.3) is 5.88 Å². The molecule has 0 spiro atoms. The van der Waals surface area contributed by atoms with Gasteiger partial charge in [-0.05, 0) is 30.7 Å². The molecule has 0 aliphatic rings. The molecule has 1 N–H and O–H groups in total. The fraction of sp³-hybridized carbons (Fsp3) is 0.154. The van der Waals surface area contributed by atoms with Crippen LogP contribution in [0.1, 0.15) is 15.9 Å². The molecule has 0 radical (unpaired) electrons. The van der Waals surface area contributed by atoms with Crippen LogP contribution in [0.15, 0.2) is 35.4 Å². The molecule has 0 amide bonds.